The maximum absolute atomic E-state index is 5.11. The fourth-order valence-corrected chi connectivity index (χ4v) is 1.47. The Hall–Kier alpha value is 0.400. The molecular weight excluding hydrogens is 186 g/mol. The summed E-state index contributed by atoms with van der Waals surface area (Å²) in [7, 11) is 4.24. The second kappa shape index (κ2) is 8.02. The first-order chi connectivity index (χ1) is 5.66. The molecule has 0 heterocycles. The topological polar surface area (TPSA) is 3.24 Å². The van der Waals surface area contributed by atoms with Gasteiger partial charge in [0.15, 0.2) is 0 Å². The van der Waals surface area contributed by atoms with Gasteiger partial charge in [0, 0.05) is 4.20 Å². The van der Waals surface area contributed by atoms with E-state index in [1.807, 2.05) is 0 Å². The van der Waals surface area contributed by atoms with Crippen LogP contribution in [-0.4, -0.2) is 36.0 Å². The monoisotopic (exact) mass is 205 g/mol. The van der Waals surface area contributed by atoms with Gasteiger partial charge in [-0.1, -0.05) is 18.6 Å². The zero-order chi connectivity index (χ0) is 9.40. The molecule has 0 rings (SSSR count). The van der Waals surface area contributed by atoms with E-state index in [0.29, 0.717) is 0 Å². The molecule has 0 amide bonds. The normalized spacial score (nSPS) is 10.7. The zero-order valence-electron chi connectivity index (χ0n) is 8.30. The van der Waals surface area contributed by atoms with Crippen molar-refractivity contribution >= 4 is 28.2 Å². The third-order valence-corrected chi connectivity index (χ3v) is 3.08. The van der Waals surface area contributed by atoms with Crippen LogP contribution in [0.5, 0.6) is 0 Å². The number of hydrogen-bond donors (Lipinski definition) is 0. The minimum Gasteiger partial charge on any atom is -0.309 e. The molecule has 0 aliphatic heterocycles. The molecule has 0 fully saturated rings. The molecule has 0 atom stereocenters. The third kappa shape index (κ3) is 8.50. The highest BCUT2D eigenvalue weighted by Crippen LogP contribution is 2.08. The lowest BCUT2D eigenvalue weighted by atomic mass is 10.2. The van der Waals surface area contributed by atoms with Crippen molar-refractivity contribution in [3.63, 3.8) is 0 Å². The Morgan fingerprint density at radius 3 is 2.42 bits per heavy atom. The fraction of sp³-hybridized carbons (Fsp3) is 0.889. The van der Waals surface area contributed by atoms with Gasteiger partial charge in [-0.15, -0.1) is 11.8 Å². The molecule has 0 aliphatic rings. The zero-order valence-corrected chi connectivity index (χ0v) is 9.93. The van der Waals surface area contributed by atoms with Crippen LogP contribution in [0.15, 0.2) is 0 Å². The second-order valence-electron chi connectivity index (χ2n) is 3.19. The van der Waals surface area contributed by atoms with Crippen molar-refractivity contribution in [2.75, 3.05) is 26.9 Å². The minimum absolute atomic E-state index is 1.12. The summed E-state index contributed by atoms with van der Waals surface area (Å²) < 4.78 is 1.15. The van der Waals surface area contributed by atoms with Gasteiger partial charge < -0.3 is 4.90 Å². The first-order valence-electron chi connectivity index (χ1n) is 4.38. The minimum atomic E-state index is 1.12. The number of unbranched alkanes of at least 4 members (excludes halogenated alkanes) is 2. The Bertz CT molecular complexity index is 124. The van der Waals surface area contributed by atoms with E-state index in [1.54, 1.807) is 11.8 Å². The average Bonchev–Trinajstić information content (AvgIpc) is 2.03. The van der Waals surface area contributed by atoms with Crippen molar-refractivity contribution in [1.82, 2.24) is 4.90 Å². The average molecular weight is 205 g/mol. The van der Waals surface area contributed by atoms with Gasteiger partial charge in [0.2, 0.25) is 0 Å². The summed E-state index contributed by atoms with van der Waals surface area (Å²) in [4.78, 5) is 2.23. The van der Waals surface area contributed by atoms with Crippen LogP contribution in [-0.2, 0) is 0 Å². The van der Waals surface area contributed by atoms with Crippen molar-refractivity contribution in [3.8, 4) is 0 Å². The summed E-state index contributed by atoms with van der Waals surface area (Å²) >= 11 is 6.82. The van der Waals surface area contributed by atoms with Crippen LogP contribution < -0.4 is 0 Å². The molecule has 12 heavy (non-hydrogen) atoms. The van der Waals surface area contributed by atoms with Crippen molar-refractivity contribution in [2.45, 2.75) is 25.7 Å². The second-order valence-corrected chi connectivity index (χ2v) is 4.84. The Labute approximate surface area is 85.9 Å². The molecule has 0 aromatic carbocycles. The van der Waals surface area contributed by atoms with Crippen molar-refractivity contribution in [3.05, 3.63) is 0 Å². The van der Waals surface area contributed by atoms with Gasteiger partial charge in [0.25, 0.3) is 0 Å². The quantitative estimate of drug-likeness (QED) is 0.485. The number of thiocarbonyl (C=S) groups is 1. The number of nitrogens with zero attached hydrogens (tertiary/aromatic N) is 1. The molecule has 0 aliphatic carbocycles. The number of rotatable bonds is 6. The van der Waals surface area contributed by atoms with Crippen LogP contribution >= 0.6 is 24.0 Å². The van der Waals surface area contributed by atoms with Crippen LogP contribution in [0.4, 0.5) is 0 Å². The lowest BCUT2D eigenvalue weighted by molar-refractivity contribution is 0.392. The Kier molecular flexibility index (Phi) is 8.29. The van der Waals surface area contributed by atoms with Crippen LogP contribution in [0.3, 0.4) is 0 Å². The molecule has 0 aromatic rings. The van der Waals surface area contributed by atoms with E-state index in [2.05, 4.69) is 25.3 Å². The maximum atomic E-state index is 5.11. The summed E-state index contributed by atoms with van der Waals surface area (Å²) in [6.45, 7) is 1.20. The molecule has 72 valence electrons. The van der Waals surface area contributed by atoms with E-state index in [1.165, 1.54) is 25.8 Å². The van der Waals surface area contributed by atoms with E-state index in [-0.39, 0.29) is 0 Å². The molecule has 0 saturated heterocycles. The maximum Gasteiger partial charge on any atom is 0.0475 e. The molecule has 0 bridgehead atoms. The fourth-order valence-electron chi connectivity index (χ4n) is 0.976. The van der Waals surface area contributed by atoms with Gasteiger partial charge in [0.1, 0.15) is 0 Å². The van der Waals surface area contributed by atoms with Crippen LogP contribution in [0.2, 0.25) is 0 Å². The Balaban J connectivity index is 3.05. The van der Waals surface area contributed by atoms with Gasteiger partial charge in [0.05, 0.1) is 0 Å². The van der Waals surface area contributed by atoms with Crippen LogP contribution in [0, 0.1) is 0 Å². The Morgan fingerprint density at radius 2 is 1.92 bits per heavy atom. The van der Waals surface area contributed by atoms with Crippen molar-refractivity contribution in [2.24, 2.45) is 0 Å². The highest BCUT2D eigenvalue weighted by atomic mass is 32.2. The van der Waals surface area contributed by atoms with Crippen molar-refractivity contribution < 1.29 is 0 Å². The molecule has 0 radical (unpaired) electrons. The standard InChI is InChI=1S/C9H19NS2/c1-10(2)8-6-4-5-7-9(11)12-3/h4-8H2,1-3H3. The van der Waals surface area contributed by atoms with E-state index in [9.17, 15) is 0 Å². The van der Waals surface area contributed by atoms with E-state index >= 15 is 0 Å². The highest BCUT2D eigenvalue weighted by Gasteiger charge is 1.95. The van der Waals surface area contributed by atoms with E-state index < -0.39 is 0 Å². The number of thioether (sulfide) groups is 1. The molecule has 1 nitrogen and oxygen atoms in total. The molecular formula is C9H19NS2. The van der Waals surface area contributed by atoms with Gasteiger partial charge in [-0.25, -0.2) is 0 Å². The molecule has 0 spiro atoms. The summed E-state index contributed by atoms with van der Waals surface area (Å²) in [5.41, 5.74) is 0. The lowest BCUT2D eigenvalue weighted by Crippen LogP contribution is -2.12. The van der Waals surface area contributed by atoms with E-state index in [0.717, 1.165) is 10.6 Å². The van der Waals surface area contributed by atoms with Gasteiger partial charge in [-0.2, -0.15) is 0 Å². The van der Waals surface area contributed by atoms with Crippen LogP contribution in [0.1, 0.15) is 25.7 Å². The third-order valence-electron chi connectivity index (χ3n) is 1.71. The van der Waals surface area contributed by atoms with Crippen molar-refractivity contribution in [1.29, 1.82) is 0 Å². The Morgan fingerprint density at radius 1 is 1.25 bits per heavy atom. The SMILES string of the molecule is CSC(=S)CCCCCN(C)C. The summed E-state index contributed by atoms with van der Waals surface area (Å²) in [6.07, 6.45) is 7.03. The molecule has 0 N–H and O–H groups in total. The summed E-state index contributed by atoms with van der Waals surface area (Å²) in [5, 5.41) is 0. The van der Waals surface area contributed by atoms with Crippen LogP contribution in [0.25, 0.3) is 0 Å². The molecule has 3 heteroatoms. The van der Waals surface area contributed by atoms with Gasteiger partial charge >= 0.3 is 0 Å². The predicted molar refractivity (Wildman–Crippen MR) is 63.1 cm³/mol. The molecule has 0 unspecified atom stereocenters. The molecule has 0 saturated carbocycles. The van der Waals surface area contributed by atoms with E-state index in [4.69, 9.17) is 12.2 Å². The lowest BCUT2D eigenvalue weighted by Gasteiger charge is -2.08. The predicted octanol–water partition coefficient (Wildman–Crippen LogP) is 2.80. The molecule has 0 aromatic heterocycles. The van der Waals surface area contributed by atoms with Gasteiger partial charge in [-0.05, 0) is 46.2 Å². The highest BCUT2D eigenvalue weighted by molar-refractivity contribution is 8.22. The summed E-state index contributed by atoms with van der Waals surface area (Å²) in [6, 6.07) is 0. The smallest absolute Gasteiger partial charge is 0.0475 e. The largest absolute Gasteiger partial charge is 0.309 e. The summed E-state index contributed by atoms with van der Waals surface area (Å²) in [5.74, 6) is 0. The van der Waals surface area contributed by atoms with Gasteiger partial charge in [-0.3, -0.25) is 0 Å². The first kappa shape index (κ1) is 12.4. The first-order valence-corrected chi connectivity index (χ1v) is 6.01. The number of hydrogen-bond acceptors (Lipinski definition) is 3.